The van der Waals surface area contributed by atoms with Crippen LogP contribution in [0.1, 0.15) is 44.0 Å². The Kier molecular flexibility index (Phi) is 5.92. The molecule has 0 bridgehead atoms. The predicted molar refractivity (Wildman–Crippen MR) is 125 cm³/mol. The average molecular weight is 426 g/mol. The summed E-state index contributed by atoms with van der Waals surface area (Å²) < 4.78 is 0. The third-order valence-electron chi connectivity index (χ3n) is 6.22. The molecule has 0 radical (unpaired) electrons. The number of carbonyl (C=O) groups is 1. The smallest absolute Gasteiger partial charge is 0.226 e. The number of likely N-dealkylation sites (tertiary alicyclic amines) is 1. The molecule has 3 heterocycles. The largest absolute Gasteiger partial charge is 0.340 e. The molecule has 2 aromatic heterocycles. The minimum atomic E-state index is -0.0912. The van der Waals surface area contributed by atoms with Gasteiger partial charge < -0.3 is 10.2 Å². The Balaban J connectivity index is 1.49. The second-order valence-corrected chi connectivity index (χ2v) is 8.39. The van der Waals surface area contributed by atoms with E-state index in [0.29, 0.717) is 5.82 Å². The molecule has 162 valence electrons. The number of hydrogen-bond donors (Lipinski definition) is 1. The van der Waals surface area contributed by atoms with Crippen LogP contribution in [0.4, 0.5) is 11.5 Å². The number of benzene rings is 1. The molecule has 1 fully saturated rings. The fraction of sp³-hybridized carbons (Fsp3) is 0.308. The number of amides is 1. The summed E-state index contributed by atoms with van der Waals surface area (Å²) in [5.41, 5.74) is 2.77. The van der Waals surface area contributed by atoms with E-state index in [2.05, 4.69) is 22.5 Å². The third kappa shape index (κ3) is 4.40. The Hall–Kier alpha value is -3.54. The van der Waals surface area contributed by atoms with Crippen molar-refractivity contribution in [2.24, 2.45) is 5.92 Å². The molecule has 1 saturated heterocycles. The second kappa shape index (κ2) is 9.30. The molecule has 3 aromatic rings. The van der Waals surface area contributed by atoms with Gasteiger partial charge >= 0.3 is 0 Å². The first kappa shape index (κ1) is 20.4. The highest BCUT2D eigenvalue weighted by molar-refractivity contribution is 5.80. The number of allylic oxidation sites excluding steroid dienone is 2. The zero-order chi connectivity index (χ0) is 21.8. The topological polar surface area (TPSA) is 71.0 Å². The van der Waals surface area contributed by atoms with Crippen LogP contribution in [0.15, 0.2) is 73.1 Å². The molecule has 5 rings (SSSR count). The first-order valence-electron chi connectivity index (χ1n) is 11.3. The van der Waals surface area contributed by atoms with Crippen LogP contribution in [-0.4, -0.2) is 32.3 Å². The minimum absolute atomic E-state index is 0.0749. The number of aromatic nitrogens is 3. The van der Waals surface area contributed by atoms with Gasteiger partial charge in [0.05, 0.1) is 11.7 Å². The van der Waals surface area contributed by atoms with Crippen LogP contribution in [0.5, 0.6) is 0 Å². The maximum atomic E-state index is 13.3. The van der Waals surface area contributed by atoms with Gasteiger partial charge in [-0.3, -0.25) is 9.78 Å². The number of carbonyl (C=O) groups excluding carboxylic acids is 1. The summed E-state index contributed by atoms with van der Waals surface area (Å²) in [6, 6.07) is 15.8. The van der Waals surface area contributed by atoms with Crippen LogP contribution < -0.4 is 5.32 Å². The normalized spacial score (nSPS) is 20.3. The Morgan fingerprint density at radius 2 is 1.84 bits per heavy atom. The lowest BCUT2D eigenvalue weighted by Gasteiger charge is -2.29. The van der Waals surface area contributed by atoms with E-state index in [1.54, 1.807) is 12.4 Å². The Labute approximate surface area is 188 Å². The zero-order valence-corrected chi connectivity index (χ0v) is 18.0. The highest BCUT2D eigenvalue weighted by atomic mass is 16.2. The monoisotopic (exact) mass is 425 g/mol. The number of anilines is 2. The third-order valence-corrected chi connectivity index (χ3v) is 6.22. The van der Waals surface area contributed by atoms with Crippen LogP contribution in [0, 0.1) is 5.92 Å². The zero-order valence-electron chi connectivity index (χ0n) is 18.0. The molecule has 1 aliphatic heterocycles. The van der Waals surface area contributed by atoms with Crippen LogP contribution in [0.3, 0.4) is 0 Å². The van der Waals surface area contributed by atoms with E-state index < -0.39 is 0 Å². The van der Waals surface area contributed by atoms with Gasteiger partial charge in [0.25, 0.3) is 0 Å². The summed E-state index contributed by atoms with van der Waals surface area (Å²) in [7, 11) is 0. The van der Waals surface area contributed by atoms with Gasteiger partial charge in [0.2, 0.25) is 5.91 Å². The first-order valence-corrected chi connectivity index (χ1v) is 11.3. The molecule has 0 unspecified atom stereocenters. The summed E-state index contributed by atoms with van der Waals surface area (Å²) in [6.07, 6.45) is 12.5. The molecular weight excluding hydrogens is 398 g/mol. The Morgan fingerprint density at radius 3 is 2.62 bits per heavy atom. The molecule has 1 N–H and O–H groups in total. The fourth-order valence-corrected chi connectivity index (χ4v) is 4.57. The van der Waals surface area contributed by atoms with E-state index in [1.165, 1.54) is 0 Å². The molecular formula is C26H27N5O. The van der Waals surface area contributed by atoms with E-state index in [4.69, 9.17) is 9.97 Å². The quantitative estimate of drug-likeness (QED) is 0.562. The minimum Gasteiger partial charge on any atom is -0.340 e. The maximum absolute atomic E-state index is 13.3. The second-order valence-electron chi connectivity index (χ2n) is 8.39. The van der Waals surface area contributed by atoms with Crippen molar-refractivity contribution in [3.05, 3.63) is 78.9 Å². The van der Waals surface area contributed by atoms with Crippen molar-refractivity contribution in [2.75, 3.05) is 11.9 Å². The van der Waals surface area contributed by atoms with Gasteiger partial charge in [-0.15, -0.1) is 0 Å². The van der Waals surface area contributed by atoms with Gasteiger partial charge in [-0.1, -0.05) is 30.4 Å². The van der Waals surface area contributed by atoms with Crippen LogP contribution in [0.2, 0.25) is 0 Å². The summed E-state index contributed by atoms with van der Waals surface area (Å²) >= 11 is 0. The maximum Gasteiger partial charge on any atom is 0.226 e. The van der Waals surface area contributed by atoms with Crippen molar-refractivity contribution < 1.29 is 4.79 Å². The van der Waals surface area contributed by atoms with E-state index in [-0.39, 0.29) is 17.9 Å². The number of pyridine rings is 1. The number of nitrogens with zero attached hydrogens (tertiary/aromatic N) is 4. The van der Waals surface area contributed by atoms with Gasteiger partial charge in [-0.2, -0.15) is 0 Å². The molecule has 1 aliphatic carbocycles. The number of para-hydroxylation sites is 1. The Morgan fingerprint density at radius 1 is 1.00 bits per heavy atom. The van der Waals surface area contributed by atoms with Crippen molar-refractivity contribution in [3.63, 3.8) is 0 Å². The molecule has 2 aliphatic rings. The Bertz CT molecular complexity index is 1100. The number of hydrogen-bond acceptors (Lipinski definition) is 5. The predicted octanol–water partition coefficient (Wildman–Crippen LogP) is 5.30. The van der Waals surface area contributed by atoms with E-state index in [9.17, 15) is 4.79 Å². The molecule has 2 atom stereocenters. The molecule has 32 heavy (non-hydrogen) atoms. The summed E-state index contributed by atoms with van der Waals surface area (Å²) in [5, 5.41) is 3.41. The lowest BCUT2D eigenvalue weighted by Crippen LogP contribution is -2.36. The lowest BCUT2D eigenvalue weighted by molar-refractivity contribution is -0.136. The molecule has 6 nitrogen and oxygen atoms in total. The highest BCUT2D eigenvalue weighted by Crippen LogP contribution is 2.35. The lowest BCUT2D eigenvalue weighted by atomic mass is 9.93. The number of rotatable bonds is 5. The van der Waals surface area contributed by atoms with Crippen molar-refractivity contribution >= 4 is 17.4 Å². The number of nitrogens with one attached hydrogen (secondary N) is 1. The van der Waals surface area contributed by atoms with Crippen LogP contribution in [0.25, 0.3) is 11.3 Å². The van der Waals surface area contributed by atoms with Gasteiger partial charge in [0, 0.05) is 42.2 Å². The van der Waals surface area contributed by atoms with E-state index >= 15 is 0 Å². The van der Waals surface area contributed by atoms with Crippen molar-refractivity contribution in [3.8, 4) is 11.3 Å². The van der Waals surface area contributed by atoms with Gasteiger partial charge in [0.15, 0.2) is 5.82 Å². The molecule has 0 saturated carbocycles. The van der Waals surface area contributed by atoms with Crippen molar-refractivity contribution in [1.82, 2.24) is 19.9 Å². The molecule has 1 amide bonds. The van der Waals surface area contributed by atoms with Crippen molar-refractivity contribution in [2.45, 2.75) is 38.1 Å². The summed E-state index contributed by atoms with van der Waals surface area (Å²) in [6.45, 7) is 0.772. The van der Waals surface area contributed by atoms with Crippen molar-refractivity contribution in [1.29, 1.82) is 0 Å². The summed E-state index contributed by atoms with van der Waals surface area (Å²) in [5.74, 6) is 1.75. The summed E-state index contributed by atoms with van der Waals surface area (Å²) in [4.78, 5) is 29.3. The fourth-order valence-electron chi connectivity index (χ4n) is 4.57. The van der Waals surface area contributed by atoms with Gasteiger partial charge in [0.1, 0.15) is 5.82 Å². The standard InChI is InChI=1S/C26H27N5O/c32-26(20-8-3-1-4-9-20)31-17-7-12-23(31)25-29-22(19-13-15-27-16-14-19)18-24(30-25)28-21-10-5-2-6-11-21/h1-3,5-6,10-11,13-16,18,20,23H,4,7-9,12,17H2,(H,28,29,30)/t20-,23+/m1/s1. The van der Waals surface area contributed by atoms with E-state index in [1.807, 2.05) is 53.4 Å². The van der Waals surface area contributed by atoms with Gasteiger partial charge in [-0.25, -0.2) is 9.97 Å². The average Bonchev–Trinajstić information content (AvgIpc) is 3.35. The van der Waals surface area contributed by atoms with Gasteiger partial charge in [-0.05, 0) is 56.4 Å². The highest BCUT2D eigenvalue weighted by Gasteiger charge is 2.35. The van der Waals surface area contributed by atoms with E-state index in [0.717, 1.165) is 61.4 Å². The van der Waals surface area contributed by atoms with Crippen LogP contribution >= 0.6 is 0 Å². The molecule has 6 heteroatoms. The SMILES string of the molecule is O=C([C@@H]1CC=CCC1)N1CCC[C@H]1c1nc(Nc2ccccc2)cc(-c2ccncc2)n1. The molecule has 1 aromatic carbocycles. The first-order chi connectivity index (χ1) is 15.8. The van der Waals surface area contributed by atoms with Crippen LogP contribution in [-0.2, 0) is 4.79 Å². The molecule has 0 spiro atoms.